The molecule has 0 atom stereocenters. The molecule has 0 saturated carbocycles. The Balaban J connectivity index is 1.46. The molecular formula is C22H24N4O3S. The average molecular weight is 425 g/mol. The molecule has 1 aliphatic heterocycles. The lowest BCUT2D eigenvalue weighted by atomic mass is 10.2. The molecular weight excluding hydrogens is 400 g/mol. The van der Waals surface area contributed by atoms with Crippen LogP contribution < -0.4 is 5.32 Å². The zero-order valence-corrected chi connectivity index (χ0v) is 17.6. The van der Waals surface area contributed by atoms with E-state index < -0.39 is 10.0 Å². The van der Waals surface area contributed by atoms with Crippen molar-refractivity contribution < 1.29 is 13.2 Å². The highest BCUT2D eigenvalue weighted by Gasteiger charge is 2.30. The Morgan fingerprint density at radius 2 is 1.77 bits per heavy atom. The number of sulfonamides is 1. The van der Waals surface area contributed by atoms with Crippen LogP contribution in [0.2, 0.25) is 0 Å². The maximum atomic E-state index is 13.0. The number of hydrogen-bond donors (Lipinski definition) is 1. The summed E-state index contributed by atoms with van der Waals surface area (Å²) in [5, 5.41) is 7.21. The van der Waals surface area contributed by atoms with Crippen molar-refractivity contribution in [1.29, 1.82) is 0 Å². The van der Waals surface area contributed by atoms with Crippen molar-refractivity contribution in [2.75, 3.05) is 6.54 Å². The van der Waals surface area contributed by atoms with E-state index in [9.17, 15) is 13.2 Å². The normalized spacial score (nSPS) is 14.3. The molecule has 1 amide bonds. The van der Waals surface area contributed by atoms with Crippen LogP contribution in [-0.2, 0) is 36.1 Å². The molecule has 0 saturated heterocycles. The second-order valence-corrected chi connectivity index (χ2v) is 9.19. The number of carbonyl (C=O) groups is 1. The highest BCUT2D eigenvalue weighted by Crippen LogP contribution is 2.22. The van der Waals surface area contributed by atoms with Gasteiger partial charge in [-0.05, 0) is 35.7 Å². The third-order valence-electron chi connectivity index (χ3n) is 5.26. The molecule has 0 fully saturated rings. The largest absolute Gasteiger partial charge is 0.347 e. The van der Waals surface area contributed by atoms with Gasteiger partial charge in [0.2, 0.25) is 10.0 Å². The first kappa shape index (κ1) is 20.3. The minimum atomic E-state index is -3.60. The molecule has 4 rings (SSSR count). The van der Waals surface area contributed by atoms with Crippen LogP contribution in [0.3, 0.4) is 0 Å². The first-order valence-electron chi connectivity index (χ1n) is 9.95. The fraction of sp³-hybridized carbons (Fsp3) is 0.273. The molecule has 2 aromatic carbocycles. The molecule has 0 unspecified atom stereocenters. The Bertz CT molecular complexity index is 1140. The van der Waals surface area contributed by atoms with Crippen molar-refractivity contribution in [1.82, 2.24) is 19.4 Å². The predicted molar refractivity (Wildman–Crippen MR) is 113 cm³/mol. The summed E-state index contributed by atoms with van der Waals surface area (Å²) in [5.41, 5.74) is 3.10. The topological polar surface area (TPSA) is 84.3 Å². The van der Waals surface area contributed by atoms with Crippen LogP contribution in [0.1, 0.15) is 34.2 Å². The SMILES string of the molecule is CCc1ccc(S(=O)(=O)N2CCn3nc(C(=O)NCc4ccccc4)cc3C2)cc1. The summed E-state index contributed by atoms with van der Waals surface area (Å²) in [4.78, 5) is 12.8. The third kappa shape index (κ3) is 4.15. The summed E-state index contributed by atoms with van der Waals surface area (Å²) in [6.07, 6.45) is 0.859. The molecule has 1 N–H and O–H groups in total. The van der Waals surface area contributed by atoms with E-state index >= 15 is 0 Å². The Morgan fingerprint density at radius 1 is 1.03 bits per heavy atom. The first-order chi connectivity index (χ1) is 14.5. The number of hydrogen-bond acceptors (Lipinski definition) is 4. The number of rotatable bonds is 6. The van der Waals surface area contributed by atoms with E-state index in [-0.39, 0.29) is 17.3 Å². The van der Waals surface area contributed by atoms with Gasteiger partial charge in [0.05, 0.1) is 23.7 Å². The van der Waals surface area contributed by atoms with Gasteiger partial charge >= 0.3 is 0 Å². The number of aromatic nitrogens is 2. The summed E-state index contributed by atoms with van der Waals surface area (Å²) < 4.78 is 29.2. The van der Waals surface area contributed by atoms with Crippen LogP contribution in [0.15, 0.2) is 65.6 Å². The Morgan fingerprint density at radius 3 is 2.47 bits per heavy atom. The number of nitrogens with zero attached hydrogens (tertiary/aromatic N) is 3. The van der Waals surface area contributed by atoms with Crippen LogP contribution in [0.5, 0.6) is 0 Å². The maximum Gasteiger partial charge on any atom is 0.272 e. The van der Waals surface area contributed by atoms with Crippen molar-refractivity contribution in [3.8, 4) is 0 Å². The van der Waals surface area contributed by atoms with Crippen molar-refractivity contribution in [3.63, 3.8) is 0 Å². The standard InChI is InChI=1S/C22H24N4O3S/c1-2-17-8-10-20(11-9-17)30(28,29)25-12-13-26-19(16-25)14-21(24-26)22(27)23-15-18-6-4-3-5-7-18/h3-11,14H,2,12-13,15-16H2,1H3,(H,23,27). The lowest BCUT2D eigenvalue weighted by Crippen LogP contribution is -2.38. The molecule has 1 aliphatic rings. The summed E-state index contributed by atoms with van der Waals surface area (Å²) in [7, 11) is -3.60. The van der Waals surface area contributed by atoms with Crippen molar-refractivity contribution >= 4 is 15.9 Å². The van der Waals surface area contributed by atoms with Gasteiger partial charge in [-0.15, -0.1) is 0 Å². The summed E-state index contributed by atoms with van der Waals surface area (Å²) in [6.45, 7) is 3.36. The average Bonchev–Trinajstić information content (AvgIpc) is 3.22. The van der Waals surface area contributed by atoms with Gasteiger partial charge in [0.15, 0.2) is 5.69 Å². The number of fused-ring (bicyclic) bond motifs is 1. The van der Waals surface area contributed by atoms with Gasteiger partial charge < -0.3 is 5.32 Å². The number of nitrogens with one attached hydrogen (secondary N) is 1. The summed E-state index contributed by atoms with van der Waals surface area (Å²) in [6, 6.07) is 18.3. The lowest BCUT2D eigenvalue weighted by Gasteiger charge is -2.26. The van der Waals surface area contributed by atoms with E-state index in [1.54, 1.807) is 22.9 Å². The fourth-order valence-corrected chi connectivity index (χ4v) is 4.88. The Labute approximate surface area is 176 Å². The Hall–Kier alpha value is -2.97. The van der Waals surface area contributed by atoms with Crippen molar-refractivity contribution in [2.24, 2.45) is 0 Å². The molecule has 0 aliphatic carbocycles. The van der Waals surface area contributed by atoms with Crippen LogP contribution in [-0.4, -0.2) is 35.0 Å². The fourth-order valence-electron chi connectivity index (χ4n) is 3.47. The smallest absolute Gasteiger partial charge is 0.272 e. The van der Waals surface area contributed by atoms with E-state index in [1.807, 2.05) is 49.4 Å². The molecule has 7 nitrogen and oxygen atoms in total. The van der Waals surface area contributed by atoms with Crippen LogP contribution in [0.25, 0.3) is 0 Å². The molecule has 2 heterocycles. The molecule has 156 valence electrons. The quantitative estimate of drug-likeness (QED) is 0.659. The van der Waals surface area contributed by atoms with E-state index in [0.29, 0.717) is 31.0 Å². The molecule has 8 heteroatoms. The zero-order chi connectivity index (χ0) is 21.1. The molecule has 0 bridgehead atoms. The van der Waals surface area contributed by atoms with Crippen molar-refractivity contribution in [2.45, 2.75) is 37.9 Å². The number of aryl methyl sites for hydroxylation is 1. The minimum absolute atomic E-state index is 0.191. The minimum Gasteiger partial charge on any atom is -0.347 e. The highest BCUT2D eigenvalue weighted by molar-refractivity contribution is 7.89. The molecule has 3 aromatic rings. The molecule has 0 radical (unpaired) electrons. The van der Waals surface area contributed by atoms with Crippen LogP contribution in [0, 0.1) is 0 Å². The molecule has 0 spiro atoms. The molecule has 1 aromatic heterocycles. The summed E-state index contributed by atoms with van der Waals surface area (Å²) >= 11 is 0. The third-order valence-corrected chi connectivity index (χ3v) is 7.12. The number of amides is 1. The summed E-state index contributed by atoms with van der Waals surface area (Å²) in [5.74, 6) is -0.273. The van der Waals surface area contributed by atoms with Crippen LogP contribution >= 0.6 is 0 Å². The zero-order valence-electron chi connectivity index (χ0n) is 16.8. The van der Waals surface area contributed by atoms with E-state index in [0.717, 1.165) is 17.5 Å². The Kier molecular flexibility index (Phi) is 5.69. The van der Waals surface area contributed by atoms with Crippen LogP contribution in [0.4, 0.5) is 0 Å². The van der Waals surface area contributed by atoms with Gasteiger partial charge in [-0.1, -0.05) is 49.4 Å². The van der Waals surface area contributed by atoms with E-state index in [4.69, 9.17) is 0 Å². The van der Waals surface area contributed by atoms with Crippen molar-refractivity contribution in [3.05, 3.63) is 83.2 Å². The van der Waals surface area contributed by atoms with E-state index in [2.05, 4.69) is 10.4 Å². The van der Waals surface area contributed by atoms with Gasteiger partial charge in [-0.3, -0.25) is 9.48 Å². The highest BCUT2D eigenvalue weighted by atomic mass is 32.2. The monoisotopic (exact) mass is 424 g/mol. The number of carbonyl (C=O) groups excluding carboxylic acids is 1. The second kappa shape index (κ2) is 8.41. The van der Waals surface area contributed by atoms with Gasteiger partial charge in [-0.25, -0.2) is 8.42 Å². The number of benzene rings is 2. The predicted octanol–water partition coefficient (Wildman–Crippen LogP) is 2.58. The van der Waals surface area contributed by atoms with Gasteiger partial charge in [-0.2, -0.15) is 9.40 Å². The van der Waals surface area contributed by atoms with Gasteiger partial charge in [0.1, 0.15) is 0 Å². The van der Waals surface area contributed by atoms with Gasteiger partial charge in [0, 0.05) is 13.1 Å². The maximum absolute atomic E-state index is 13.0. The molecule has 30 heavy (non-hydrogen) atoms. The van der Waals surface area contributed by atoms with Gasteiger partial charge in [0.25, 0.3) is 5.91 Å². The first-order valence-corrected chi connectivity index (χ1v) is 11.4. The van der Waals surface area contributed by atoms with E-state index in [1.165, 1.54) is 4.31 Å². The lowest BCUT2D eigenvalue weighted by molar-refractivity contribution is 0.0945. The second-order valence-electron chi connectivity index (χ2n) is 7.25.